The summed E-state index contributed by atoms with van der Waals surface area (Å²) in [4.78, 5) is 4.04. The van der Waals surface area contributed by atoms with Gasteiger partial charge in [0.15, 0.2) is 10.8 Å². The molecule has 1 fully saturated rings. The first-order valence-electron chi connectivity index (χ1n) is 6.71. The third-order valence-corrected chi connectivity index (χ3v) is 4.05. The number of fused-ring (bicyclic) bond motifs is 1. The highest BCUT2D eigenvalue weighted by Crippen LogP contribution is 2.30. The summed E-state index contributed by atoms with van der Waals surface area (Å²) >= 11 is 6.03. The summed E-state index contributed by atoms with van der Waals surface area (Å²) < 4.78 is 2.00. The van der Waals surface area contributed by atoms with Crippen LogP contribution in [0.25, 0.3) is 5.65 Å². The molecule has 5 heteroatoms. The fourth-order valence-electron chi connectivity index (χ4n) is 2.81. The predicted octanol–water partition coefficient (Wildman–Crippen LogP) is 3.61. The van der Waals surface area contributed by atoms with E-state index in [-0.39, 0.29) is 0 Å². The molecule has 4 nitrogen and oxygen atoms in total. The summed E-state index contributed by atoms with van der Waals surface area (Å²) in [6.07, 6.45) is 12.7. The quantitative estimate of drug-likeness (QED) is 0.790. The average molecular weight is 265 g/mol. The van der Waals surface area contributed by atoms with Crippen LogP contribution < -0.4 is 0 Å². The van der Waals surface area contributed by atoms with Gasteiger partial charge in [0.25, 0.3) is 0 Å². The molecule has 96 valence electrons. The number of aromatic nitrogens is 4. The van der Waals surface area contributed by atoms with Gasteiger partial charge in [-0.25, -0.2) is 4.98 Å². The fraction of sp³-hybridized carbons (Fsp3) is 0.615. The number of hydrogen-bond acceptors (Lipinski definition) is 3. The molecule has 1 aliphatic carbocycles. The summed E-state index contributed by atoms with van der Waals surface area (Å²) in [5, 5.41) is 8.94. The van der Waals surface area contributed by atoms with Crippen LogP contribution in [0, 0.1) is 0 Å². The van der Waals surface area contributed by atoms with Crippen molar-refractivity contribution in [1.82, 2.24) is 19.6 Å². The Balaban J connectivity index is 1.95. The minimum atomic E-state index is 0.432. The summed E-state index contributed by atoms with van der Waals surface area (Å²) in [6, 6.07) is 0. The van der Waals surface area contributed by atoms with Gasteiger partial charge in [-0.05, 0) is 12.8 Å². The Morgan fingerprint density at radius 3 is 2.56 bits per heavy atom. The summed E-state index contributed by atoms with van der Waals surface area (Å²) in [7, 11) is 0. The zero-order chi connectivity index (χ0) is 12.4. The second kappa shape index (κ2) is 5.22. The van der Waals surface area contributed by atoms with Crippen molar-refractivity contribution in [2.24, 2.45) is 0 Å². The molecule has 18 heavy (non-hydrogen) atoms. The number of halogens is 1. The summed E-state index contributed by atoms with van der Waals surface area (Å²) in [6.45, 7) is 0. The largest absolute Gasteiger partial charge is 0.282 e. The van der Waals surface area contributed by atoms with E-state index in [1.165, 1.54) is 44.9 Å². The van der Waals surface area contributed by atoms with Crippen LogP contribution >= 0.6 is 11.6 Å². The van der Waals surface area contributed by atoms with Crippen LogP contribution in [0.5, 0.6) is 0 Å². The minimum Gasteiger partial charge on any atom is -0.282 e. The van der Waals surface area contributed by atoms with E-state index >= 15 is 0 Å². The van der Waals surface area contributed by atoms with Crippen LogP contribution in [-0.4, -0.2) is 19.6 Å². The van der Waals surface area contributed by atoms with Crippen molar-refractivity contribution in [2.45, 2.75) is 50.9 Å². The Bertz CT molecular complexity index is 529. The summed E-state index contributed by atoms with van der Waals surface area (Å²) in [5.74, 6) is 1.56. The van der Waals surface area contributed by atoms with Crippen LogP contribution in [0.1, 0.15) is 56.7 Å². The highest BCUT2D eigenvalue weighted by atomic mass is 35.5. The summed E-state index contributed by atoms with van der Waals surface area (Å²) in [5.41, 5.74) is 0.677. The zero-order valence-electron chi connectivity index (χ0n) is 10.3. The Morgan fingerprint density at radius 2 is 1.78 bits per heavy atom. The standard InChI is InChI=1S/C13H17ClN4/c14-11-13-17-16-12(18(13)9-8-15-11)10-6-4-2-1-3-5-7-10/h8-10H,1-7H2. The van der Waals surface area contributed by atoms with Gasteiger partial charge in [0.1, 0.15) is 5.82 Å². The molecule has 0 aromatic carbocycles. The monoisotopic (exact) mass is 264 g/mol. The third-order valence-electron chi connectivity index (χ3n) is 3.78. The van der Waals surface area contributed by atoms with Crippen molar-refractivity contribution < 1.29 is 0 Å². The molecule has 0 spiro atoms. The van der Waals surface area contributed by atoms with E-state index in [0.29, 0.717) is 16.7 Å². The molecule has 0 unspecified atom stereocenters. The van der Waals surface area contributed by atoms with Crippen molar-refractivity contribution >= 4 is 17.2 Å². The van der Waals surface area contributed by atoms with Crippen LogP contribution in [-0.2, 0) is 0 Å². The first-order valence-corrected chi connectivity index (χ1v) is 7.09. The molecule has 0 N–H and O–H groups in total. The van der Waals surface area contributed by atoms with E-state index in [1.807, 2.05) is 10.6 Å². The molecule has 2 heterocycles. The fourth-order valence-corrected chi connectivity index (χ4v) is 2.99. The lowest BCUT2D eigenvalue weighted by atomic mass is 9.90. The molecule has 1 saturated carbocycles. The molecular weight excluding hydrogens is 248 g/mol. The van der Waals surface area contributed by atoms with Gasteiger partial charge in [0.2, 0.25) is 0 Å². The molecule has 2 aromatic heterocycles. The van der Waals surface area contributed by atoms with Crippen LogP contribution in [0.3, 0.4) is 0 Å². The Kier molecular flexibility index (Phi) is 3.46. The smallest absolute Gasteiger partial charge is 0.198 e. The van der Waals surface area contributed by atoms with Gasteiger partial charge in [-0.15, -0.1) is 10.2 Å². The lowest BCUT2D eigenvalue weighted by Gasteiger charge is -2.17. The van der Waals surface area contributed by atoms with Gasteiger partial charge in [0.05, 0.1) is 0 Å². The third kappa shape index (κ3) is 2.21. The van der Waals surface area contributed by atoms with E-state index in [1.54, 1.807) is 6.20 Å². The van der Waals surface area contributed by atoms with Crippen molar-refractivity contribution in [3.05, 3.63) is 23.4 Å². The lowest BCUT2D eigenvalue weighted by Crippen LogP contribution is -2.07. The van der Waals surface area contributed by atoms with Crippen LogP contribution in [0.15, 0.2) is 12.4 Å². The van der Waals surface area contributed by atoms with Gasteiger partial charge in [-0.2, -0.15) is 0 Å². The maximum absolute atomic E-state index is 6.03. The second-order valence-electron chi connectivity index (χ2n) is 5.01. The molecular formula is C13H17ClN4. The number of hydrogen-bond donors (Lipinski definition) is 0. The topological polar surface area (TPSA) is 43.1 Å². The lowest BCUT2D eigenvalue weighted by molar-refractivity contribution is 0.440. The second-order valence-corrected chi connectivity index (χ2v) is 5.37. The van der Waals surface area contributed by atoms with E-state index in [4.69, 9.17) is 11.6 Å². The van der Waals surface area contributed by atoms with E-state index in [2.05, 4.69) is 15.2 Å². The molecule has 0 radical (unpaired) electrons. The van der Waals surface area contributed by atoms with Crippen molar-refractivity contribution in [3.8, 4) is 0 Å². The maximum atomic E-state index is 6.03. The molecule has 2 aromatic rings. The SMILES string of the molecule is Clc1nccn2c(C3CCCCCCC3)nnc12. The number of rotatable bonds is 1. The van der Waals surface area contributed by atoms with Gasteiger partial charge in [-0.1, -0.05) is 43.7 Å². The van der Waals surface area contributed by atoms with Crippen molar-refractivity contribution in [2.75, 3.05) is 0 Å². The van der Waals surface area contributed by atoms with Gasteiger partial charge >= 0.3 is 0 Å². The van der Waals surface area contributed by atoms with Gasteiger partial charge < -0.3 is 0 Å². The molecule has 3 rings (SSSR count). The first-order chi connectivity index (χ1) is 8.86. The number of nitrogens with zero attached hydrogens (tertiary/aromatic N) is 4. The Morgan fingerprint density at radius 1 is 1.06 bits per heavy atom. The van der Waals surface area contributed by atoms with E-state index in [9.17, 15) is 0 Å². The van der Waals surface area contributed by atoms with Crippen molar-refractivity contribution in [1.29, 1.82) is 0 Å². The Hall–Kier alpha value is -1.16. The average Bonchev–Trinajstić information content (AvgIpc) is 2.74. The Labute approximate surface area is 111 Å². The molecule has 0 amide bonds. The maximum Gasteiger partial charge on any atom is 0.198 e. The molecule has 0 saturated heterocycles. The van der Waals surface area contributed by atoms with Gasteiger partial charge in [0, 0.05) is 18.3 Å². The predicted molar refractivity (Wildman–Crippen MR) is 70.9 cm³/mol. The normalized spacial score (nSPS) is 18.7. The van der Waals surface area contributed by atoms with Crippen molar-refractivity contribution in [3.63, 3.8) is 0 Å². The minimum absolute atomic E-state index is 0.432. The van der Waals surface area contributed by atoms with Crippen LogP contribution in [0.4, 0.5) is 0 Å². The molecule has 0 bridgehead atoms. The highest BCUT2D eigenvalue weighted by Gasteiger charge is 2.20. The van der Waals surface area contributed by atoms with E-state index < -0.39 is 0 Å². The molecule has 0 aliphatic heterocycles. The highest BCUT2D eigenvalue weighted by molar-refractivity contribution is 6.32. The van der Waals surface area contributed by atoms with E-state index in [0.717, 1.165) is 5.82 Å². The molecule has 1 aliphatic rings. The molecule has 0 atom stereocenters. The first kappa shape index (κ1) is 11.9. The zero-order valence-corrected chi connectivity index (χ0v) is 11.1. The van der Waals surface area contributed by atoms with Crippen LogP contribution in [0.2, 0.25) is 5.15 Å². The van der Waals surface area contributed by atoms with Gasteiger partial charge in [-0.3, -0.25) is 4.40 Å².